The van der Waals surface area contributed by atoms with Crippen LogP contribution in [-0.4, -0.2) is 40.3 Å². The maximum atomic E-state index is 13.7. The summed E-state index contributed by atoms with van der Waals surface area (Å²) in [5.41, 5.74) is 5.89. The van der Waals surface area contributed by atoms with Crippen LogP contribution >= 0.6 is 34.5 Å². The van der Waals surface area contributed by atoms with Crippen LogP contribution in [0.5, 0.6) is 0 Å². The molecule has 1 aliphatic heterocycles. The number of aromatic nitrogens is 2. The quantitative estimate of drug-likeness (QED) is 0.220. The Balaban J connectivity index is 1.59. The summed E-state index contributed by atoms with van der Waals surface area (Å²) < 4.78 is 1.80. The van der Waals surface area contributed by atoms with E-state index in [1.807, 2.05) is 11.1 Å². The van der Waals surface area contributed by atoms with Crippen LogP contribution in [-0.2, 0) is 6.54 Å². The van der Waals surface area contributed by atoms with E-state index >= 15 is 0 Å². The Bertz CT molecular complexity index is 1360. The molecule has 0 unspecified atom stereocenters. The number of nitrogens with one attached hydrogen (secondary N) is 2. The van der Waals surface area contributed by atoms with E-state index < -0.39 is 0 Å². The molecule has 9 heteroatoms. The summed E-state index contributed by atoms with van der Waals surface area (Å²) in [5.74, 6) is 7.17. The van der Waals surface area contributed by atoms with Gasteiger partial charge in [0.1, 0.15) is 0 Å². The van der Waals surface area contributed by atoms with Crippen molar-refractivity contribution in [1.82, 2.24) is 25.5 Å². The van der Waals surface area contributed by atoms with E-state index in [0.29, 0.717) is 33.9 Å². The molecule has 1 saturated heterocycles. The lowest BCUT2D eigenvalue weighted by atomic mass is 10.1. The van der Waals surface area contributed by atoms with Crippen LogP contribution in [0.2, 0.25) is 10.0 Å². The van der Waals surface area contributed by atoms with Crippen molar-refractivity contribution in [3.8, 4) is 28.1 Å². The van der Waals surface area contributed by atoms with Crippen LogP contribution in [0.25, 0.3) is 16.3 Å². The summed E-state index contributed by atoms with van der Waals surface area (Å²) in [4.78, 5) is 15.7. The van der Waals surface area contributed by atoms with Crippen molar-refractivity contribution >= 4 is 40.4 Å². The smallest absolute Gasteiger partial charge is 0.286 e. The zero-order valence-corrected chi connectivity index (χ0v) is 24.7. The van der Waals surface area contributed by atoms with Gasteiger partial charge in [-0.25, -0.2) is 9.69 Å². The lowest BCUT2D eigenvalue weighted by Gasteiger charge is -2.26. The van der Waals surface area contributed by atoms with Crippen molar-refractivity contribution in [1.29, 1.82) is 0 Å². The van der Waals surface area contributed by atoms with Gasteiger partial charge in [-0.15, -0.1) is 11.3 Å². The van der Waals surface area contributed by atoms with E-state index in [9.17, 15) is 4.79 Å². The minimum atomic E-state index is -0.201. The van der Waals surface area contributed by atoms with Gasteiger partial charge in [-0.05, 0) is 69.0 Å². The molecule has 0 spiro atoms. The van der Waals surface area contributed by atoms with Crippen molar-refractivity contribution in [2.45, 2.75) is 64.8 Å². The topological polar surface area (TPSA) is 62.2 Å². The fourth-order valence-electron chi connectivity index (χ4n) is 5.25. The Morgan fingerprint density at radius 3 is 2.64 bits per heavy atom. The third-order valence-electron chi connectivity index (χ3n) is 7.27. The Morgan fingerprint density at radius 2 is 1.90 bits per heavy atom. The predicted molar refractivity (Wildman–Crippen MR) is 161 cm³/mol. The number of hydrogen-bond acceptors (Lipinski definition) is 5. The molecule has 0 bridgehead atoms. The maximum Gasteiger partial charge on any atom is 0.286 e. The minimum absolute atomic E-state index is 0.201. The average molecular weight is 585 g/mol. The SMILES string of the molecule is CCCNCc1c(C(=O)NN2CCCCC2)nn(-c2ccc(Cl)cc2Cl)c1-c1ccc(C#CC2CCCC2)s1. The van der Waals surface area contributed by atoms with E-state index in [1.54, 1.807) is 28.2 Å². The molecule has 1 aliphatic carbocycles. The predicted octanol–water partition coefficient (Wildman–Crippen LogP) is 7.08. The largest absolute Gasteiger partial charge is 0.313 e. The van der Waals surface area contributed by atoms with Crippen molar-refractivity contribution in [3.63, 3.8) is 0 Å². The number of amides is 1. The molecule has 2 fully saturated rings. The van der Waals surface area contributed by atoms with E-state index in [4.69, 9.17) is 28.3 Å². The lowest BCUT2D eigenvalue weighted by molar-refractivity contribution is 0.0743. The normalized spacial score (nSPS) is 16.3. The lowest BCUT2D eigenvalue weighted by Crippen LogP contribution is -2.45. The number of halogens is 2. The molecular weight excluding hydrogens is 549 g/mol. The van der Waals surface area contributed by atoms with Crippen LogP contribution in [0.4, 0.5) is 0 Å². The van der Waals surface area contributed by atoms with Crippen LogP contribution in [0.1, 0.15) is 79.2 Å². The standard InChI is InChI=1S/C30H35Cl2N5OS/c1-2-16-33-20-24-28(30(38)35-36-17-6-3-7-18-36)34-37(26-14-11-22(31)19-25(26)32)29(24)27-15-13-23(39-27)12-10-21-8-4-5-9-21/h11,13-15,19,21,33H,2-9,16-18,20H2,1H3,(H,35,38). The molecule has 0 atom stereocenters. The number of hydrazine groups is 1. The zero-order chi connectivity index (χ0) is 27.2. The first kappa shape index (κ1) is 28.2. The molecule has 3 heterocycles. The Hall–Kier alpha value is -2.34. The highest BCUT2D eigenvalue weighted by molar-refractivity contribution is 7.16. The van der Waals surface area contributed by atoms with E-state index in [1.165, 1.54) is 32.1 Å². The van der Waals surface area contributed by atoms with Gasteiger partial charge in [0.2, 0.25) is 0 Å². The van der Waals surface area contributed by atoms with Gasteiger partial charge in [0.25, 0.3) is 5.91 Å². The number of benzene rings is 1. The highest BCUT2D eigenvalue weighted by Gasteiger charge is 2.27. The molecule has 3 aromatic rings. The molecule has 2 aliphatic rings. The second kappa shape index (κ2) is 13.3. The van der Waals surface area contributed by atoms with E-state index in [-0.39, 0.29) is 5.91 Å². The summed E-state index contributed by atoms with van der Waals surface area (Å²) in [6, 6.07) is 9.50. The molecule has 39 heavy (non-hydrogen) atoms. The Kier molecular flexibility index (Phi) is 9.65. The molecule has 6 nitrogen and oxygen atoms in total. The van der Waals surface area contributed by atoms with Gasteiger partial charge in [-0.3, -0.25) is 10.2 Å². The van der Waals surface area contributed by atoms with Crippen LogP contribution in [0.15, 0.2) is 30.3 Å². The Morgan fingerprint density at radius 1 is 1.10 bits per heavy atom. The highest BCUT2D eigenvalue weighted by atomic mass is 35.5. The van der Waals surface area contributed by atoms with Crippen molar-refractivity contribution in [2.75, 3.05) is 19.6 Å². The third kappa shape index (κ3) is 6.87. The Labute approximate surface area is 245 Å². The minimum Gasteiger partial charge on any atom is -0.313 e. The first-order valence-corrected chi connectivity index (χ1v) is 15.6. The zero-order valence-electron chi connectivity index (χ0n) is 22.4. The number of thiophene rings is 1. The molecule has 206 valence electrons. The van der Waals surface area contributed by atoms with Crippen molar-refractivity contribution in [2.24, 2.45) is 5.92 Å². The fourth-order valence-corrected chi connectivity index (χ4v) is 6.66. The van der Waals surface area contributed by atoms with Gasteiger partial charge in [0.15, 0.2) is 5.69 Å². The summed E-state index contributed by atoms with van der Waals surface area (Å²) >= 11 is 14.5. The maximum absolute atomic E-state index is 13.7. The van der Waals surface area contributed by atoms with Crippen LogP contribution in [0.3, 0.4) is 0 Å². The number of hydrogen-bond donors (Lipinski definition) is 2. The molecule has 1 saturated carbocycles. The number of carbonyl (C=O) groups excluding carboxylic acids is 1. The third-order valence-corrected chi connectivity index (χ3v) is 8.82. The number of piperidine rings is 1. The average Bonchev–Trinajstić information content (AvgIpc) is 3.68. The summed E-state index contributed by atoms with van der Waals surface area (Å²) in [7, 11) is 0. The summed E-state index contributed by atoms with van der Waals surface area (Å²) in [6.45, 7) is 5.17. The van der Waals surface area contributed by atoms with E-state index in [2.05, 4.69) is 41.6 Å². The highest BCUT2D eigenvalue weighted by Crippen LogP contribution is 2.37. The molecule has 1 amide bonds. The van der Waals surface area contributed by atoms with Gasteiger partial charge in [0.05, 0.1) is 26.2 Å². The number of nitrogens with zero attached hydrogens (tertiary/aromatic N) is 3. The molecule has 0 radical (unpaired) electrons. The molecule has 1 aromatic carbocycles. The van der Waals surface area contributed by atoms with Crippen LogP contribution in [0, 0.1) is 17.8 Å². The number of carbonyl (C=O) groups is 1. The van der Waals surface area contributed by atoms with Crippen molar-refractivity contribution in [3.05, 3.63) is 56.5 Å². The number of rotatable bonds is 8. The summed E-state index contributed by atoms with van der Waals surface area (Å²) in [6.07, 6.45) is 9.25. The van der Waals surface area contributed by atoms with Crippen LogP contribution < -0.4 is 10.7 Å². The van der Waals surface area contributed by atoms with E-state index in [0.717, 1.165) is 59.9 Å². The van der Waals surface area contributed by atoms with Crippen molar-refractivity contribution < 1.29 is 4.79 Å². The van der Waals surface area contributed by atoms with Gasteiger partial charge >= 0.3 is 0 Å². The molecule has 5 rings (SSSR count). The second-order valence-corrected chi connectivity index (χ2v) is 12.2. The second-order valence-electron chi connectivity index (χ2n) is 10.3. The first-order valence-electron chi connectivity index (χ1n) is 14.0. The molecular formula is C30H35Cl2N5OS. The molecule has 2 N–H and O–H groups in total. The van der Waals surface area contributed by atoms with Gasteiger partial charge in [-0.1, -0.05) is 61.2 Å². The van der Waals surface area contributed by atoms with Gasteiger partial charge in [-0.2, -0.15) is 5.10 Å². The van der Waals surface area contributed by atoms with Gasteiger partial charge in [0, 0.05) is 36.1 Å². The van der Waals surface area contributed by atoms with Gasteiger partial charge < -0.3 is 5.32 Å². The fraction of sp³-hybridized carbons (Fsp3) is 0.467. The monoisotopic (exact) mass is 583 g/mol. The first-order chi connectivity index (χ1) is 19.0. The summed E-state index contributed by atoms with van der Waals surface area (Å²) in [5, 5.41) is 11.4. The molecule has 2 aromatic heterocycles.